The molecule has 1 aliphatic carbocycles. The minimum atomic E-state index is -0.202. The largest absolute Gasteiger partial charge is 0.371 e. The van der Waals surface area contributed by atoms with E-state index in [1.54, 1.807) is 0 Å². The number of piperidine rings is 2. The molecule has 0 radical (unpaired) electrons. The van der Waals surface area contributed by atoms with Crippen LogP contribution in [0.5, 0.6) is 0 Å². The fourth-order valence-corrected chi connectivity index (χ4v) is 8.60. The van der Waals surface area contributed by atoms with Gasteiger partial charge in [-0.3, -0.25) is 9.59 Å². The molecule has 1 unspecified atom stereocenters. The van der Waals surface area contributed by atoms with Crippen molar-refractivity contribution in [3.05, 3.63) is 99.5 Å². The first kappa shape index (κ1) is 27.7. The molecule has 2 fully saturated rings. The first-order valence-electron chi connectivity index (χ1n) is 15.8. The van der Waals surface area contributed by atoms with Gasteiger partial charge in [-0.15, -0.1) is 0 Å². The van der Waals surface area contributed by atoms with E-state index in [9.17, 15) is 14.0 Å². The molecule has 8 rings (SSSR count). The zero-order valence-corrected chi connectivity index (χ0v) is 25.7. The monoisotopic (exact) mass is 610 g/mol. The van der Waals surface area contributed by atoms with E-state index >= 15 is 0 Å². The zero-order chi connectivity index (χ0) is 30.2. The fourth-order valence-electron chi connectivity index (χ4n) is 8.34. The highest BCUT2D eigenvalue weighted by Crippen LogP contribution is 2.45. The summed E-state index contributed by atoms with van der Waals surface area (Å²) in [4.78, 5) is 34.0. The Morgan fingerprint density at radius 2 is 1.68 bits per heavy atom. The van der Waals surface area contributed by atoms with E-state index in [4.69, 9.17) is 11.6 Å². The third kappa shape index (κ3) is 4.34. The second-order valence-corrected chi connectivity index (χ2v) is 13.6. The average molecular weight is 611 g/mol. The summed E-state index contributed by atoms with van der Waals surface area (Å²) in [5.41, 5.74) is 7.11. The van der Waals surface area contributed by atoms with Gasteiger partial charge in [-0.05, 0) is 104 Å². The molecule has 2 saturated heterocycles. The lowest BCUT2D eigenvalue weighted by atomic mass is 9.71. The highest BCUT2D eigenvalue weighted by atomic mass is 35.5. The molecule has 44 heavy (non-hydrogen) atoms. The Labute approximate surface area is 262 Å². The molecular weight excluding hydrogens is 575 g/mol. The summed E-state index contributed by atoms with van der Waals surface area (Å²) in [6, 6.07) is 18.7. The van der Waals surface area contributed by atoms with Crippen molar-refractivity contribution in [1.29, 1.82) is 0 Å². The Morgan fingerprint density at radius 1 is 0.955 bits per heavy atom. The molecule has 1 spiro atoms. The minimum Gasteiger partial charge on any atom is -0.371 e. The molecule has 4 aliphatic rings. The molecule has 1 atom stereocenters. The number of halogens is 2. The van der Waals surface area contributed by atoms with E-state index in [1.807, 2.05) is 53.2 Å². The Morgan fingerprint density at radius 3 is 2.43 bits per heavy atom. The number of carbonyl (C=O) groups excluding carboxylic acids is 2. The molecule has 4 heterocycles. The highest BCUT2D eigenvalue weighted by Gasteiger charge is 2.42. The van der Waals surface area contributed by atoms with Gasteiger partial charge in [0.05, 0.1) is 34.4 Å². The third-order valence-corrected chi connectivity index (χ3v) is 11.3. The van der Waals surface area contributed by atoms with E-state index in [0.717, 1.165) is 104 Å². The van der Waals surface area contributed by atoms with Gasteiger partial charge in [-0.1, -0.05) is 23.7 Å². The Kier molecular flexibility index (Phi) is 6.53. The molecular formula is C36H36ClFN4O2. The summed E-state index contributed by atoms with van der Waals surface area (Å²) >= 11 is 6.58. The molecule has 226 valence electrons. The summed E-state index contributed by atoms with van der Waals surface area (Å²) < 4.78 is 15.5. The van der Waals surface area contributed by atoms with Gasteiger partial charge in [0.25, 0.3) is 11.8 Å². The summed E-state index contributed by atoms with van der Waals surface area (Å²) in [5, 5.41) is 1.45. The number of anilines is 1. The van der Waals surface area contributed by atoms with Crippen LogP contribution < -0.4 is 4.90 Å². The number of amides is 2. The number of hydrogen-bond donors (Lipinski definition) is 0. The number of fused-ring (bicyclic) bond motifs is 4. The Balaban J connectivity index is 0.956. The lowest BCUT2D eigenvalue weighted by Crippen LogP contribution is -2.48. The molecule has 8 heteroatoms. The molecule has 3 aliphatic heterocycles. The second-order valence-electron chi connectivity index (χ2n) is 13.2. The van der Waals surface area contributed by atoms with Crippen molar-refractivity contribution in [2.45, 2.75) is 51.1 Å². The summed E-state index contributed by atoms with van der Waals surface area (Å²) in [6.07, 6.45) is 5.98. The fraction of sp³-hybridized carbons (Fsp3) is 0.389. The van der Waals surface area contributed by atoms with Crippen molar-refractivity contribution in [2.75, 3.05) is 31.1 Å². The van der Waals surface area contributed by atoms with Crippen molar-refractivity contribution >= 4 is 40.0 Å². The van der Waals surface area contributed by atoms with Crippen molar-refractivity contribution in [2.24, 2.45) is 12.5 Å². The standard InChI is InChI=1S/C36H36ClFN4O2/c1-39-30-4-2-3-28(37)32(30)33-31(39)22-42(35(33)44)29-12-7-23-5-6-24(21-27(23)29)34(43)41-19-15-36(16-20-41)13-17-40(18-14-36)26-10-8-25(38)9-11-26/h2-6,8-11,21,29H,7,12-20,22H2,1H3. The number of aromatic nitrogens is 1. The molecule has 0 N–H and O–H groups in total. The van der Waals surface area contributed by atoms with Gasteiger partial charge < -0.3 is 19.3 Å². The lowest BCUT2D eigenvalue weighted by Gasteiger charge is -2.47. The maximum atomic E-state index is 13.9. The lowest BCUT2D eigenvalue weighted by molar-refractivity contribution is 0.0515. The van der Waals surface area contributed by atoms with Gasteiger partial charge in [0.15, 0.2) is 0 Å². The molecule has 4 aromatic rings. The summed E-state index contributed by atoms with van der Waals surface area (Å²) in [5.74, 6) is -0.0849. The molecule has 1 aromatic heterocycles. The maximum absolute atomic E-state index is 13.9. The van der Waals surface area contributed by atoms with Gasteiger partial charge >= 0.3 is 0 Å². The van der Waals surface area contributed by atoms with Gasteiger partial charge in [0.1, 0.15) is 5.82 Å². The third-order valence-electron chi connectivity index (χ3n) is 11.0. The van der Waals surface area contributed by atoms with Gasteiger partial charge in [-0.25, -0.2) is 4.39 Å². The van der Waals surface area contributed by atoms with Gasteiger partial charge in [0, 0.05) is 49.9 Å². The van der Waals surface area contributed by atoms with Crippen LogP contribution in [0.1, 0.15) is 75.7 Å². The number of carbonyl (C=O) groups is 2. The SMILES string of the molecule is Cn1c2c(c3c(Cl)cccc31)C(=O)N(C1CCc3ccc(C(=O)N4CCC5(CC4)CCN(c4ccc(F)cc4)CC5)cc31)C2. The van der Waals surface area contributed by atoms with Crippen LogP contribution in [0.3, 0.4) is 0 Å². The van der Waals surface area contributed by atoms with Crippen LogP contribution in [0, 0.1) is 11.2 Å². The predicted molar refractivity (Wildman–Crippen MR) is 171 cm³/mol. The quantitative estimate of drug-likeness (QED) is 0.248. The molecule has 6 nitrogen and oxygen atoms in total. The number of nitrogens with zero attached hydrogens (tertiary/aromatic N) is 4. The van der Waals surface area contributed by atoms with Crippen LogP contribution in [-0.4, -0.2) is 52.4 Å². The zero-order valence-electron chi connectivity index (χ0n) is 25.0. The Hall–Kier alpha value is -3.84. The number of hydrogen-bond acceptors (Lipinski definition) is 3. The summed E-state index contributed by atoms with van der Waals surface area (Å²) in [6.45, 7) is 4.01. The normalized spacial score (nSPS) is 20.9. The Bertz CT molecular complexity index is 1800. The van der Waals surface area contributed by atoms with E-state index < -0.39 is 0 Å². The van der Waals surface area contributed by atoms with Crippen LogP contribution in [0.15, 0.2) is 60.7 Å². The van der Waals surface area contributed by atoms with Crippen LogP contribution in [0.4, 0.5) is 10.1 Å². The van der Waals surface area contributed by atoms with Crippen LogP contribution in [0.25, 0.3) is 10.9 Å². The highest BCUT2D eigenvalue weighted by molar-refractivity contribution is 6.37. The molecule has 0 bridgehead atoms. The molecule has 0 saturated carbocycles. The van der Waals surface area contributed by atoms with Crippen LogP contribution in [-0.2, 0) is 20.0 Å². The van der Waals surface area contributed by atoms with E-state index in [-0.39, 0.29) is 29.1 Å². The van der Waals surface area contributed by atoms with Gasteiger partial charge in [-0.2, -0.15) is 0 Å². The van der Waals surface area contributed by atoms with Crippen molar-refractivity contribution in [3.63, 3.8) is 0 Å². The van der Waals surface area contributed by atoms with Crippen molar-refractivity contribution < 1.29 is 14.0 Å². The van der Waals surface area contributed by atoms with Crippen LogP contribution in [0.2, 0.25) is 5.02 Å². The second kappa shape index (κ2) is 10.4. The number of benzene rings is 3. The first-order valence-corrected chi connectivity index (χ1v) is 16.2. The van der Waals surface area contributed by atoms with E-state index in [1.165, 1.54) is 17.7 Å². The van der Waals surface area contributed by atoms with Crippen molar-refractivity contribution in [3.8, 4) is 0 Å². The minimum absolute atomic E-state index is 0.0279. The topological polar surface area (TPSA) is 48.8 Å². The van der Waals surface area contributed by atoms with Gasteiger partial charge in [0.2, 0.25) is 0 Å². The number of rotatable bonds is 3. The number of likely N-dealkylation sites (tertiary alicyclic amines) is 1. The first-order chi connectivity index (χ1) is 21.3. The number of aryl methyl sites for hydroxylation is 2. The van der Waals surface area contributed by atoms with Crippen LogP contribution >= 0.6 is 11.6 Å². The maximum Gasteiger partial charge on any atom is 0.257 e. The average Bonchev–Trinajstić information content (AvgIpc) is 3.70. The molecule has 2 amide bonds. The van der Waals surface area contributed by atoms with E-state index in [0.29, 0.717) is 11.6 Å². The summed E-state index contributed by atoms with van der Waals surface area (Å²) in [7, 11) is 2.01. The predicted octanol–water partition coefficient (Wildman–Crippen LogP) is 7.14. The smallest absolute Gasteiger partial charge is 0.257 e. The van der Waals surface area contributed by atoms with E-state index in [2.05, 4.69) is 21.6 Å². The van der Waals surface area contributed by atoms with Crippen molar-refractivity contribution in [1.82, 2.24) is 14.4 Å². The molecule has 3 aromatic carbocycles.